The zero-order valence-electron chi connectivity index (χ0n) is 6.73. The molecule has 0 aliphatic carbocycles. The summed E-state index contributed by atoms with van der Waals surface area (Å²) < 4.78 is 0. The van der Waals surface area contributed by atoms with E-state index in [9.17, 15) is 0 Å². The van der Waals surface area contributed by atoms with Crippen molar-refractivity contribution in [1.29, 1.82) is 0 Å². The van der Waals surface area contributed by atoms with E-state index in [2.05, 4.69) is 39.0 Å². The third-order valence-corrected chi connectivity index (χ3v) is 1.28. The molecule has 0 atom stereocenters. The Bertz CT molecular complexity index is 165. The fourth-order valence-corrected chi connectivity index (χ4v) is 1.11. The zero-order valence-corrected chi connectivity index (χ0v) is 9.57. The third-order valence-electron chi connectivity index (χ3n) is 1.28. The molecule has 0 saturated heterocycles. The molecule has 0 aromatic heterocycles. The van der Waals surface area contributed by atoms with Gasteiger partial charge in [0, 0.05) is 32.7 Å². The molecule has 10 heavy (non-hydrogen) atoms. The van der Waals surface area contributed by atoms with E-state index in [0.29, 0.717) is 0 Å². The van der Waals surface area contributed by atoms with Crippen LogP contribution < -0.4 is 0 Å². The van der Waals surface area contributed by atoms with Gasteiger partial charge in [0.1, 0.15) is 0 Å². The maximum atomic E-state index is 3.21. The molecule has 1 aromatic rings. The average molecular weight is 208 g/mol. The number of aryl methyl sites for hydroxylation is 3. The molecule has 0 aliphatic rings. The molecule has 0 nitrogen and oxygen atoms in total. The summed E-state index contributed by atoms with van der Waals surface area (Å²) in [5, 5.41) is 0. The second kappa shape index (κ2) is 4.25. The van der Waals surface area contributed by atoms with Crippen LogP contribution in [0.2, 0.25) is 0 Å². The number of benzene rings is 1. The monoisotopic (exact) mass is 208 g/mol. The Morgan fingerprint density at radius 3 is 1.70 bits per heavy atom. The van der Waals surface area contributed by atoms with Crippen molar-refractivity contribution in [3.8, 4) is 0 Å². The molecule has 1 heteroatoms. The smallest absolute Gasteiger partial charge is 0 e. The summed E-state index contributed by atoms with van der Waals surface area (Å²) in [5.74, 6) is 0. The summed E-state index contributed by atoms with van der Waals surface area (Å²) in [5.41, 5.74) is 3.78. The molecule has 0 bridgehead atoms. The summed E-state index contributed by atoms with van der Waals surface area (Å²) in [4.78, 5) is 0. The van der Waals surface area contributed by atoms with Crippen LogP contribution in [0.25, 0.3) is 0 Å². The van der Waals surface area contributed by atoms with Crippen molar-refractivity contribution < 1.29 is 32.7 Å². The van der Waals surface area contributed by atoms with E-state index >= 15 is 0 Å². The van der Waals surface area contributed by atoms with Crippen LogP contribution in [-0.2, 0) is 32.7 Å². The quantitative estimate of drug-likeness (QED) is 0.574. The average Bonchev–Trinajstić information content (AvgIpc) is 1.59. The van der Waals surface area contributed by atoms with Gasteiger partial charge in [-0.15, -0.1) is 0 Å². The molecule has 0 aliphatic heterocycles. The third kappa shape index (κ3) is 2.94. The number of rotatable bonds is 0. The predicted octanol–water partition coefficient (Wildman–Crippen LogP) is 2.41. The van der Waals surface area contributed by atoms with Crippen LogP contribution in [0, 0.1) is 26.8 Å². The van der Waals surface area contributed by atoms with Crippen LogP contribution in [0.5, 0.6) is 0 Å². The van der Waals surface area contributed by atoms with Gasteiger partial charge in [0.05, 0.1) is 0 Å². The molecule has 0 N–H and O–H groups in total. The van der Waals surface area contributed by atoms with Crippen molar-refractivity contribution in [2.45, 2.75) is 20.8 Å². The van der Waals surface area contributed by atoms with Crippen molar-refractivity contribution in [2.75, 3.05) is 0 Å². The first-order valence-corrected chi connectivity index (χ1v) is 3.15. The van der Waals surface area contributed by atoms with E-state index in [4.69, 9.17) is 0 Å². The van der Waals surface area contributed by atoms with Gasteiger partial charge in [-0.2, -0.15) is 34.9 Å². The first kappa shape index (κ1) is 10.3. The molecule has 0 saturated carbocycles. The summed E-state index contributed by atoms with van der Waals surface area (Å²) in [6, 6.07) is 7.47. The fourth-order valence-electron chi connectivity index (χ4n) is 1.11. The Balaban J connectivity index is 0.000000810. The summed E-state index contributed by atoms with van der Waals surface area (Å²) in [7, 11) is 0. The predicted molar refractivity (Wildman–Crippen MR) is 39.5 cm³/mol. The first-order valence-electron chi connectivity index (χ1n) is 3.15. The van der Waals surface area contributed by atoms with Gasteiger partial charge in [0.2, 0.25) is 0 Å². The van der Waals surface area contributed by atoms with Crippen molar-refractivity contribution >= 4 is 0 Å². The van der Waals surface area contributed by atoms with Crippen molar-refractivity contribution in [2.24, 2.45) is 0 Å². The molecular formula is C9H11Y-. The van der Waals surface area contributed by atoms with E-state index < -0.39 is 0 Å². The second-order valence-electron chi connectivity index (χ2n) is 2.52. The van der Waals surface area contributed by atoms with Crippen LogP contribution in [0.1, 0.15) is 16.7 Å². The van der Waals surface area contributed by atoms with Gasteiger partial charge in [0.15, 0.2) is 0 Å². The maximum absolute atomic E-state index is 3.21. The van der Waals surface area contributed by atoms with Gasteiger partial charge in [-0.25, -0.2) is 0 Å². The normalized spacial score (nSPS) is 8.70. The largest absolute Gasteiger partial charge is 0.177 e. The van der Waals surface area contributed by atoms with E-state index in [1.165, 1.54) is 16.7 Å². The molecule has 0 unspecified atom stereocenters. The fraction of sp³-hybridized carbons (Fsp3) is 0.333. The summed E-state index contributed by atoms with van der Waals surface area (Å²) >= 11 is 0. The van der Waals surface area contributed by atoms with Gasteiger partial charge in [-0.3, -0.25) is 0 Å². The van der Waals surface area contributed by atoms with E-state index in [0.717, 1.165) is 0 Å². The SMILES string of the molecule is Cc1[c-]c(C)cc(C)c1.[Y]. The van der Waals surface area contributed by atoms with Gasteiger partial charge in [-0.05, 0) is 0 Å². The van der Waals surface area contributed by atoms with Gasteiger partial charge >= 0.3 is 0 Å². The molecule has 0 fully saturated rings. The Morgan fingerprint density at radius 1 is 1.00 bits per heavy atom. The Kier molecular flexibility index (Phi) is 4.39. The van der Waals surface area contributed by atoms with Crippen LogP contribution in [-0.4, -0.2) is 0 Å². The van der Waals surface area contributed by atoms with Crippen molar-refractivity contribution in [1.82, 2.24) is 0 Å². The first-order chi connectivity index (χ1) is 4.18. The van der Waals surface area contributed by atoms with Crippen LogP contribution in [0.15, 0.2) is 12.1 Å². The second-order valence-corrected chi connectivity index (χ2v) is 2.52. The number of hydrogen-bond donors (Lipinski definition) is 0. The van der Waals surface area contributed by atoms with Gasteiger partial charge in [-0.1, -0.05) is 20.8 Å². The molecule has 51 valence electrons. The molecule has 1 radical (unpaired) electrons. The minimum atomic E-state index is 0. The Hall–Kier alpha value is 0.324. The minimum Gasteiger partial charge on any atom is -0.177 e. The number of hydrogen-bond acceptors (Lipinski definition) is 0. The maximum Gasteiger partial charge on any atom is 0 e. The van der Waals surface area contributed by atoms with Crippen molar-refractivity contribution in [3.63, 3.8) is 0 Å². The van der Waals surface area contributed by atoms with Crippen LogP contribution in [0.4, 0.5) is 0 Å². The molecular weight excluding hydrogens is 197 g/mol. The van der Waals surface area contributed by atoms with E-state index in [1.54, 1.807) is 0 Å². The molecule has 1 rings (SSSR count). The molecule has 0 heterocycles. The summed E-state index contributed by atoms with van der Waals surface area (Å²) in [6.45, 7) is 6.24. The molecule has 0 amide bonds. The van der Waals surface area contributed by atoms with Gasteiger partial charge in [0.25, 0.3) is 0 Å². The molecule has 1 aromatic carbocycles. The standard InChI is InChI=1S/C9H11.Y/c1-7-4-8(2)6-9(3)5-7;/h4-5H,1-3H3;/q-1;. The Morgan fingerprint density at radius 2 is 1.40 bits per heavy atom. The van der Waals surface area contributed by atoms with Gasteiger partial charge < -0.3 is 0 Å². The minimum absolute atomic E-state index is 0. The van der Waals surface area contributed by atoms with Crippen molar-refractivity contribution in [3.05, 3.63) is 34.9 Å². The summed E-state index contributed by atoms with van der Waals surface area (Å²) in [6.07, 6.45) is 0. The van der Waals surface area contributed by atoms with E-state index in [-0.39, 0.29) is 32.7 Å². The van der Waals surface area contributed by atoms with E-state index in [1.807, 2.05) is 0 Å². The zero-order chi connectivity index (χ0) is 6.85. The molecule has 0 spiro atoms. The van der Waals surface area contributed by atoms with Crippen LogP contribution >= 0.6 is 0 Å². The topological polar surface area (TPSA) is 0 Å². The van der Waals surface area contributed by atoms with Crippen LogP contribution in [0.3, 0.4) is 0 Å². The Labute approximate surface area is 87.9 Å².